The number of carbonyl (C=O) groups excluding carboxylic acids is 1. The van der Waals surface area contributed by atoms with Gasteiger partial charge in [-0.15, -0.1) is 0 Å². The second kappa shape index (κ2) is 20.0. The second-order valence-corrected chi connectivity index (χ2v) is 22.0. The first-order chi connectivity index (χ1) is 33.1. The maximum absolute atomic E-state index is 14.0. The van der Waals surface area contributed by atoms with Crippen LogP contribution in [0, 0.1) is 21.4 Å². The number of nitrogens with one attached hydrogen (secondary N) is 3. The number of amides is 1. The van der Waals surface area contributed by atoms with Crippen LogP contribution in [0.1, 0.15) is 106 Å². The molecule has 17 nitrogen and oxygen atoms in total. The maximum Gasteiger partial charge on any atom is 0.312 e. The van der Waals surface area contributed by atoms with Gasteiger partial charge in [-0.25, -0.2) is 23.1 Å². The average molecular weight is 964 g/mol. The van der Waals surface area contributed by atoms with Gasteiger partial charge in [0.1, 0.15) is 22.0 Å². The van der Waals surface area contributed by atoms with Crippen molar-refractivity contribution in [1.29, 1.82) is 0 Å². The lowest BCUT2D eigenvalue weighted by Crippen LogP contribution is -2.60. The Bertz CT molecular complexity index is 2760. The van der Waals surface area contributed by atoms with Gasteiger partial charge < -0.3 is 29.8 Å². The number of aromatic amines is 1. The fourth-order valence-corrected chi connectivity index (χ4v) is 12.0. The van der Waals surface area contributed by atoms with Crippen molar-refractivity contribution < 1.29 is 32.7 Å². The lowest BCUT2D eigenvalue weighted by Gasteiger charge is -2.58. The summed E-state index contributed by atoms with van der Waals surface area (Å²) in [6, 6.07) is 19.5. The number of H-pyrrole nitrogens is 1. The largest absolute Gasteiger partial charge is 0.455 e. The number of pyridine rings is 2. The summed E-state index contributed by atoms with van der Waals surface area (Å²) in [5.41, 5.74) is 3.29. The monoisotopic (exact) mass is 963 g/mol. The Balaban J connectivity index is 0.895. The number of nitrogens with zero attached hydrogens (tertiary/aromatic N) is 6. The number of carbonyl (C=O) groups is 1. The minimum absolute atomic E-state index is 0.0464. The Morgan fingerprint density at radius 2 is 1.77 bits per heavy atom. The van der Waals surface area contributed by atoms with Crippen molar-refractivity contribution in [3.8, 4) is 11.5 Å². The number of methoxy groups -OCH3 is 1. The number of piperazine rings is 1. The fraction of sp³-hybridized carbons (Fsp3) is 0.510. The van der Waals surface area contributed by atoms with Gasteiger partial charge in [0.05, 0.1) is 35.1 Å². The molecule has 0 unspecified atom stereocenters. The van der Waals surface area contributed by atoms with Gasteiger partial charge in [-0.1, -0.05) is 38.1 Å². The maximum atomic E-state index is 14.0. The summed E-state index contributed by atoms with van der Waals surface area (Å²) in [6.45, 7) is 13.1. The number of nitro groups is 1. The van der Waals surface area contributed by atoms with Crippen molar-refractivity contribution >= 4 is 44.2 Å². The van der Waals surface area contributed by atoms with E-state index in [1.807, 2.05) is 12.1 Å². The molecular formula is C51H65N9O8S. The third-order valence-electron chi connectivity index (χ3n) is 15.2. The minimum atomic E-state index is -4.64. The molecule has 2 saturated heterocycles. The van der Waals surface area contributed by atoms with Crippen molar-refractivity contribution in [3.63, 3.8) is 0 Å². The quantitative estimate of drug-likeness (QED) is 0.0546. The lowest BCUT2D eigenvalue weighted by atomic mass is 9.59. The van der Waals surface area contributed by atoms with Gasteiger partial charge in [-0.3, -0.25) is 24.7 Å². The predicted molar refractivity (Wildman–Crippen MR) is 264 cm³/mol. The molecular weight excluding hydrogens is 899 g/mol. The molecule has 0 radical (unpaired) electrons. The van der Waals surface area contributed by atoms with Crippen LogP contribution in [-0.2, 0) is 14.8 Å². The molecule has 2 aliphatic heterocycles. The summed E-state index contributed by atoms with van der Waals surface area (Å²) in [4.78, 5) is 44.2. The molecule has 4 N–H and O–H groups in total. The molecule has 3 aromatic heterocycles. The molecule has 1 atom stereocenters. The van der Waals surface area contributed by atoms with E-state index in [9.17, 15) is 28.4 Å². The van der Waals surface area contributed by atoms with E-state index < -0.39 is 37.0 Å². The number of piperidine rings is 1. The Kier molecular flexibility index (Phi) is 14.0. The van der Waals surface area contributed by atoms with Gasteiger partial charge in [-0.2, -0.15) is 0 Å². The molecule has 2 aliphatic carbocycles. The van der Waals surface area contributed by atoms with E-state index in [1.54, 1.807) is 38.4 Å². The topological polar surface area (TPSA) is 208 Å². The van der Waals surface area contributed by atoms with Gasteiger partial charge >= 0.3 is 5.69 Å². The Hall–Kier alpha value is -5.66. The molecule has 18 heteroatoms. The number of fused-ring (bicyclic) bond motifs is 1. The van der Waals surface area contributed by atoms with Gasteiger partial charge in [0.15, 0.2) is 0 Å². The lowest BCUT2D eigenvalue weighted by molar-refractivity contribution is -0.384. The highest BCUT2D eigenvalue weighted by Gasteiger charge is 2.50. The molecule has 69 heavy (non-hydrogen) atoms. The van der Waals surface area contributed by atoms with Crippen LogP contribution < -0.4 is 19.7 Å². The molecule has 2 saturated carbocycles. The molecule has 368 valence electrons. The Labute approximate surface area is 404 Å². The first-order valence-electron chi connectivity index (χ1n) is 24.3. The summed E-state index contributed by atoms with van der Waals surface area (Å²) in [5.74, 6) is 0.0284. The van der Waals surface area contributed by atoms with Gasteiger partial charge in [-0.05, 0) is 111 Å². The van der Waals surface area contributed by atoms with E-state index in [-0.39, 0.29) is 28.5 Å². The number of aromatic nitrogens is 3. The van der Waals surface area contributed by atoms with Crippen LogP contribution in [0.15, 0.2) is 84.1 Å². The van der Waals surface area contributed by atoms with Crippen molar-refractivity contribution in [2.75, 3.05) is 69.7 Å². The highest BCUT2D eigenvalue weighted by atomic mass is 32.2. The molecule has 9 rings (SSSR count). The van der Waals surface area contributed by atoms with Gasteiger partial charge in [0.2, 0.25) is 5.82 Å². The molecule has 0 bridgehead atoms. The van der Waals surface area contributed by atoms with Gasteiger partial charge in [0, 0.05) is 94.4 Å². The summed E-state index contributed by atoms with van der Waals surface area (Å²) in [7, 11) is -2.87. The van der Waals surface area contributed by atoms with Crippen LogP contribution in [0.5, 0.6) is 11.5 Å². The summed E-state index contributed by atoms with van der Waals surface area (Å²) < 4.78 is 41.5. The van der Waals surface area contributed by atoms with E-state index in [0.717, 1.165) is 108 Å². The van der Waals surface area contributed by atoms with Crippen LogP contribution in [0.25, 0.3) is 11.0 Å². The minimum Gasteiger partial charge on any atom is -0.455 e. The summed E-state index contributed by atoms with van der Waals surface area (Å²) >= 11 is 0. The first kappa shape index (κ1) is 48.4. The Morgan fingerprint density at radius 3 is 2.51 bits per heavy atom. The highest BCUT2D eigenvalue weighted by molar-refractivity contribution is 7.90. The van der Waals surface area contributed by atoms with E-state index in [1.165, 1.54) is 17.3 Å². The molecule has 1 spiro atoms. The smallest absolute Gasteiger partial charge is 0.312 e. The second-order valence-electron chi connectivity index (χ2n) is 20.3. The molecule has 5 aromatic rings. The van der Waals surface area contributed by atoms with Crippen LogP contribution >= 0.6 is 0 Å². The first-order valence-corrected chi connectivity index (χ1v) is 25.8. The standard InChI is InChI=1S/C51H65N9O8S/c1-34(2)41-7-5-6-8-42(41)45-33-57(23-24-67-4)21-22-59(45)38-28-51(29-38)16-19-58(20-17-51)37-9-10-43(46(26-37)68-39-25-36-13-18-52-47(36)54-31-39)49(61)56-69(65,66)40-27-44(60(63)64)48(55-32-40)53-30-35-11-14-50(3,62)15-12-35/h5-10,13,18,25-27,31-32,34-35,38,45,62H,11-12,14-17,19-24,28-30,33H2,1-4H3,(H,52,54)(H,53,55)(H,56,61)/t35?,45-,50?/m0/s1. The van der Waals surface area contributed by atoms with Crippen molar-refractivity contribution in [2.45, 2.75) is 101 Å². The number of sulfonamides is 1. The molecule has 4 aliphatic rings. The van der Waals surface area contributed by atoms with Gasteiger partial charge in [0.25, 0.3) is 15.9 Å². The Morgan fingerprint density at radius 1 is 1.00 bits per heavy atom. The zero-order valence-electron chi connectivity index (χ0n) is 40.0. The van der Waals surface area contributed by atoms with Crippen LogP contribution in [-0.4, -0.2) is 120 Å². The van der Waals surface area contributed by atoms with Crippen LogP contribution in [0.4, 0.5) is 17.2 Å². The number of hydrogen-bond acceptors (Lipinski definition) is 14. The number of anilines is 2. The van der Waals surface area contributed by atoms with Crippen LogP contribution in [0.3, 0.4) is 0 Å². The van der Waals surface area contributed by atoms with E-state index in [4.69, 9.17) is 9.47 Å². The van der Waals surface area contributed by atoms with Crippen molar-refractivity contribution in [1.82, 2.24) is 29.5 Å². The van der Waals surface area contributed by atoms with Crippen molar-refractivity contribution in [3.05, 3.63) is 106 Å². The number of hydrogen-bond donors (Lipinski definition) is 4. The number of aliphatic hydroxyl groups is 1. The fourth-order valence-electron chi connectivity index (χ4n) is 11.1. The van der Waals surface area contributed by atoms with E-state index in [0.29, 0.717) is 48.8 Å². The molecule has 5 heterocycles. The third kappa shape index (κ3) is 10.7. The highest BCUT2D eigenvalue weighted by Crippen LogP contribution is 2.53. The number of ether oxygens (including phenoxy) is 2. The molecule has 2 aromatic carbocycles. The number of benzene rings is 2. The predicted octanol–water partition coefficient (Wildman–Crippen LogP) is 8.01. The van der Waals surface area contributed by atoms with Crippen molar-refractivity contribution in [2.24, 2.45) is 11.3 Å². The molecule has 4 fully saturated rings. The average Bonchev–Trinajstić information content (AvgIpc) is 3.80. The van der Waals surface area contributed by atoms with E-state index >= 15 is 0 Å². The third-order valence-corrected chi connectivity index (χ3v) is 16.5. The SMILES string of the molecule is COCCN1CCN(C2CC3(CCN(c4ccc(C(=O)NS(=O)(=O)c5cnc(NCC6CCC(C)(O)CC6)c([N+](=O)[O-])c5)c(Oc5cnc6[nH]ccc6c5)c4)CC3)C2)[C@H](c2ccccc2C(C)C)C1. The summed E-state index contributed by atoms with van der Waals surface area (Å²) in [5, 5.41) is 26.3. The van der Waals surface area contributed by atoms with E-state index in [2.05, 4.69) is 77.8 Å². The zero-order chi connectivity index (χ0) is 48.5. The zero-order valence-corrected chi connectivity index (χ0v) is 40.8. The van der Waals surface area contributed by atoms with Crippen LogP contribution in [0.2, 0.25) is 0 Å². The normalized spacial score (nSPS) is 22.4. The number of rotatable bonds is 16. The summed E-state index contributed by atoms with van der Waals surface area (Å²) in [6.07, 6.45) is 11.3. The molecule has 1 amide bonds.